The van der Waals surface area contributed by atoms with Gasteiger partial charge in [-0.1, -0.05) is 220 Å². The molecule has 0 bridgehead atoms. The normalized spacial score (nSPS) is 14.2. The lowest BCUT2D eigenvalue weighted by atomic mass is 10.0. The van der Waals surface area contributed by atoms with Gasteiger partial charge in [0.15, 0.2) is 6.10 Å². The Morgan fingerprint density at radius 3 is 1.22 bits per heavy atom. The van der Waals surface area contributed by atoms with Crippen LogP contribution in [0.1, 0.15) is 213 Å². The first-order valence-corrected chi connectivity index (χ1v) is 29.3. The summed E-state index contributed by atoms with van der Waals surface area (Å²) in [5.41, 5.74) is 0. The fraction of sp³-hybridized carbons (Fsp3) is 0.650. The maximum absolute atomic E-state index is 12.9. The van der Waals surface area contributed by atoms with Gasteiger partial charge in [-0.2, -0.15) is 0 Å². The molecule has 0 aromatic carbocycles. The Hall–Kier alpha value is -3.86. The average Bonchev–Trinajstić information content (AvgIpc) is 3.37. The van der Waals surface area contributed by atoms with Gasteiger partial charge in [-0.3, -0.25) is 23.4 Å². The summed E-state index contributed by atoms with van der Waals surface area (Å²) in [7, 11) is -4.78. The second kappa shape index (κ2) is 53.4. The van der Waals surface area contributed by atoms with Crippen LogP contribution in [0.4, 0.5) is 0 Å². The molecule has 0 radical (unpaired) electrons. The number of hydrogen-bond acceptors (Lipinski definition) is 10. The third-order valence-electron chi connectivity index (χ3n) is 11.2. The van der Waals surface area contributed by atoms with Gasteiger partial charge in [0.2, 0.25) is 0 Å². The average molecular weight is 1030 g/mol. The Morgan fingerprint density at radius 1 is 0.417 bits per heavy atom. The van der Waals surface area contributed by atoms with Crippen molar-refractivity contribution in [1.29, 1.82) is 0 Å². The Labute approximate surface area is 437 Å². The topological polar surface area (TPSA) is 155 Å². The van der Waals surface area contributed by atoms with Crippen molar-refractivity contribution in [2.24, 2.45) is 0 Å². The lowest BCUT2D eigenvalue weighted by Crippen LogP contribution is -2.30. The van der Waals surface area contributed by atoms with E-state index in [-0.39, 0.29) is 19.3 Å². The van der Waals surface area contributed by atoms with Crippen LogP contribution in [0.5, 0.6) is 0 Å². The third kappa shape index (κ3) is 51.1. The van der Waals surface area contributed by atoms with Gasteiger partial charge in [0.25, 0.3) is 0 Å². The Morgan fingerprint density at radius 2 is 0.778 bits per heavy atom. The maximum Gasteiger partial charge on any atom is 0.472 e. The van der Waals surface area contributed by atoms with Crippen molar-refractivity contribution in [3.8, 4) is 0 Å². The number of phosphoric acid groups is 1. The number of aliphatic hydroxyl groups is 1. The zero-order valence-electron chi connectivity index (χ0n) is 45.1. The van der Waals surface area contributed by atoms with Crippen LogP contribution in [0.3, 0.4) is 0 Å². The SMILES string of the molecule is CC/C=C\C/C=C\C/C=C\C/C=C\C/C=C\CC(=O)OC(COC(=O)CCCCCC/C=C\C/C=C\C/C=C\C/C=C\CC)COP(=O)(O)OCC(CO)OC(=O)CCCCCCCCCCCCCCC. The molecule has 3 unspecified atom stereocenters. The molecule has 12 heteroatoms. The van der Waals surface area contributed by atoms with E-state index >= 15 is 0 Å². The molecule has 0 aliphatic heterocycles. The molecule has 0 rings (SSSR count). The number of allylic oxidation sites excluding steroid dienone is 17. The van der Waals surface area contributed by atoms with E-state index in [9.17, 15) is 28.9 Å². The van der Waals surface area contributed by atoms with Gasteiger partial charge in [-0.05, 0) is 83.5 Å². The highest BCUT2D eigenvalue weighted by atomic mass is 31.2. The highest BCUT2D eigenvalue weighted by Gasteiger charge is 2.28. The molecule has 72 heavy (non-hydrogen) atoms. The van der Waals surface area contributed by atoms with Crippen LogP contribution in [-0.2, 0) is 42.2 Å². The highest BCUT2D eigenvalue weighted by Crippen LogP contribution is 2.43. The van der Waals surface area contributed by atoms with E-state index < -0.39 is 64.4 Å². The molecule has 11 nitrogen and oxygen atoms in total. The number of rotatable bonds is 50. The predicted octanol–water partition coefficient (Wildman–Crippen LogP) is 16.2. The van der Waals surface area contributed by atoms with Crippen molar-refractivity contribution < 1.29 is 52.2 Å². The van der Waals surface area contributed by atoms with E-state index in [1.54, 1.807) is 6.08 Å². The van der Waals surface area contributed by atoms with Crippen LogP contribution in [-0.4, -0.2) is 66.5 Å². The van der Waals surface area contributed by atoms with Gasteiger partial charge in [0.05, 0.1) is 26.2 Å². The molecule has 0 heterocycles. The van der Waals surface area contributed by atoms with Crippen LogP contribution in [0.2, 0.25) is 0 Å². The summed E-state index contributed by atoms with van der Waals surface area (Å²) in [5.74, 6) is -1.65. The van der Waals surface area contributed by atoms with Crippen molar-refractivity contribution >= 4 is 25.7 Å². The molecule has 0 fully saturated rings. The van der Waals surface area contributed by atoms with E-state index in [0.717, 1.165) is 96.3 Å². The van der Waals surface area contributed by atoms with Gasteiger partial charge < -0.3 is 24.2 Å². The van der Waals surface area contributed by atoms with E-state index in [0.29, 0.717) is 19.3 Å². The first-order valence-electron chi connectivity index (χ1n) is 27.8. The molecule has 0 aromatic rings. The van der Waals surface area contributed by atoms with E-state index in [4.69, 9.17) is 23.3 Å². The number of esters is 3. The van der Waals surface area contributed by atoms with E-state index in [1.165, 1.54) is 57.8 Å². The number of carbonyl (C=O) groups excluding carboxylic acids is 3. The molecule has 410 valence electrons. The number of carbonyl (C=O) groups is 3. The second-order valence-electron chi connectivity index (χ2n) is 18.0. The highest BCUT2D eigenvalue weighted by molar-refractivity contribution is 7.47. The summed E-state index contributed by atoms with van der Waals surface area (Å²) in [6, 6.07) is 0. The largest absolute Gasteiger partial charge is 0.472 e. The van der Waals surface area contributed by atoms with Crippen molar-refractivity contribution in [1.82, 2.24) is 0 Å². The quantitative estimate of drug-likeness (QED) is 0.0197. The Kier molecular flexibility index (Phi) is 50.6. The van der Waals surface area contributed by atoms with Crippen LogP contribution >= 0.6 is 7.82 Å². The van der Waals surface area contributed by atoms with E-state index in [1.807, 2.05) is 18.2 Å². The Bertz CT molecular complexity index is 1620. The summed E-state index contributed by atoms with van der Waals surface area (Å²) < 4.78 is 39.3. The van der Waals surface area contributed by atoms with Crippen LogP contribution in [0.25, 0.3) is 0 Å². The maximum atomic E-state index is 12.9. The van der Waals surface area contributed by atoms with Crippen LogP contribution < -0.4 is 0 Å². The molecule has 0 aliphatic carbocycles. The number of ether oxygens (including phenoxy) is 3. The number of phosphoric ester groups is 1. The van der Waals surface area contributed by atoms with Crippen LogP contribution in [0.15, 0.2) is 109 Å². The van der Waals surface area contributed by atoms with Gasteiger partial charge in [-0.25, -0.2) is 4.57 Å². The standard InChI is InChI=1S/C60H99O11P/c1-4-7-10-13-16-19-22-25-27-28-30-32-34-37-40-43-46-49-58(62)67-53-57(71-60(64)51-48-45-42-39-36-33-29-26-23-20-17-14-11-8-5-2)55-69-72(65,66)68-54-56(52-61)70-59(63)50-47-44-41-38-35-31-24-21-18-15-12-9-6-3/h7-8,10-11,16-17,19-20,25-27,29-30,32,36,39,45,48,56-57,61H,4-6,9,12-15,18,21-24,28,31,33-35,37-38,40-44,46-47,49-55H2,1-3H3,(H,65,66)/b10-7-,11-8-,19-16-,20-17-,27-25-,29-26-,32-30-,39-36-,48-45-. The lowest BCUT2D eigenvalue weighted by Gasteiger charge is -2.21. The van der Waals surface area contributed by atoms with Crippen molar-refractivity contribution in [2.75, 3.05) is 26.4 Å². The smallest absolute Gasteiger partial charge is 0.462 e. The molecule has 3 atom stereocenters. The minimum absolute atomic E-state index is 0.0744. The van der Waals surface area contributed by atoms with Crippen molar-refractivity contribution in [3.63, 3.8) is 0 Å². The first-order chi connectivity index (χ1) is 35.2. The monoisotopic (exact) mass is 1030 g/mol. The number of hydrogen-bond donors (Lipinski definition) is 2. The first kappa shape index (κ1) is 68.1. The third-order valence-corrected chi connectivity index (χ3v) is 12.2. The van der Waals surface area contributed by atoms with Gasteiger partial charge >= 0.3 is 25.7 Å². The lowest BCUT2D eigenvalue weighted by molar-refractivity contribution is -0.160. The van der Waals surface area contributed by atoms with Crippen LogP contribution in [0, 0.1) is 0 Å². The van der Waals surface area contributed by atoms with Crippen molar-refractivity contribution in [3.05, 3.63) is 109 Å². The fourth-order valence-corrected chi connectivity index (χ4v) is 7.85. The van der Waals surface area contributed by atoms with Gasteiger partial charge in [0, 0.05) is 12.8 Å². The number of unbranched alkanes of at least 4 members (excludes halogenated alkanes) is 16. The predicted molar refractivity (Wildman–Crippen MR) is 297 cm³/mol. The summed E-state index contributed by atoms with van der Waals surface area (Å²) in [4.78, 5) is 48.4. The molecular weight excluding hydrogens is 928 g/mol. The molecule has 0 spiro atoms. The molecule has 0 amide bonds. The molecule has 0 aliphatic rings. The molecular formula is C60H99O11P. The number of aliphatic hydroxyl groups excluding tert-OH is 1. The summed E-state index contributed by atoms with van der Waals surface area (Å²) in [5, 5.41) is 9.79. The zero-order chi connectivity index (χ0) is 52.7. The Balaban J connectivity index is 4.88. The molecule has 0 saturated heterocycles. The molecule has 2 N–H and O–H groups in total. The van der Waals surface area contributed by atoms with Crippen molar-refractivity contribution in [2.45, 2.75) is 226 Å². The summed E-state index contributed by atoms with van der Waals surface area (Å²) in [6.07, 6.45) is 63.7. The summed E-state index contributed by atoms with van der Waals surface area (Å²) in [6.45, 7) is 4.26. The fourth-order valence-electron chi connectivity index (χ4n) is 7.07. The summed E-state index contributed by atoms with van der Waals surface area (Å²) >= 11 is 0. The van der Waals surface area contributed by atoms with Gasteiger partial charge in [-0.15, -0.1) is 0 Å². The second-order valence-corrected chi connectivity index (χ2v) is 19.5. The van der Waals surface area contributed by atoms with E-state index in [2.05, 4.69) is 106 Å². The molecule has 0 saturated carbocycles. The minimum atomic E-state index is -4.78. The zero-order valence-corrected chi connectivity index (χ0v) is 46.0. The van der Waals surface area contributed by atoms with Gasteiger partial charge in [0.1, 0.15) is 12.7 Å². The molecule has 0 aromatic heterocycles. The minimum Gasteiger partial charge on any atom is -0.462 e.